The van der Waals surface area contributed by atoms with Gasteiger partial charge in [-0.05, 0) is 42.9 Å². The maximum atomic E-state index is 5.92. The van der Waals surface area contributed by atoms with Gasteiger partial charge in [-0.3, -0.25) is 4.98 Å². The molecule has 0 bridgehead atoms. The third kappa shape index (κ3) is 2.97. The van der Waals surface area contributed by atoms with Gasteiger partial charge >= 0.3 is 0 Å². The number of rotatable bonds is 3. The topological polar surface area (TPSA) is 48.1 Å². The summed E-state index contributed by atoms with van der Waals surface area (Å²) < 4.78 is 5.25. The van der Waals surface area contributed by atoms with Crippen molar-refractivity contribution in [3.05, 3.63) is 24.0 Å². The summed E-state index contributed by atoms with van der Waals surface area (Å²) in [5.74, 6) is 2.01. The van der Waals surface area contributed by atoms with E-state index in [9.17, 15) is 0 Å². The molecule has 1 aromatic rings. The highest BCUT2D eigenvalue weighted by molar-refractivity contribution is 5.27. The lowest BCUT2D eigenvalue weighted by Gasteiger charge is -2.24. The lowest BCUT2D eigenvalue weighted by atomic mass is 9.83. The predicted octanol–water partition coefficient (Wildman–Crippen LogP) is 2.71. The van der Waals surface area contributed by atoms with Gasteiger partial charge in [-0.25, -0.2) is 0 Å². The van der Waals surface area contributed by atoms with E-state index < -0.39 is 0 Å². The van der Waals surface area contributed by atoms with Crippen LogP contribution >= 0.6 is 0 Å². The standard InChI is InChI=1S/C14H22N2O/c1-17-13-7-12(9-16-10-13)14-6-4-2-3-5-11(14)8-15/h7,9-11,14H,2-6,8,15H2,1H3. The van der Waals surface area contributed by atoms with Crippen LogP contribution in [0.5, 0.6) is 5.75 Å². The normalized spacial score (nSPS) is 25.3. The van der Waals surface area contributed by atoms with Crippen LogP contribution in [0.1, 0.15) is 43.6 Å². The number of methoxy groups -OCH3 is 1. The summed E-state index contributed by atoms with van der Waals surface area (Å²) in [7, 11) is 1.69. The highest BCUT2D eigenvalue weighted by Crippen LogP contribution is 2.36. The molecule has 0 amide bonds. The van der Waals surface area contributed by atoms with E-state index in [1.165, 1.54) is 37.7 Å². The van der Waals surface area contributed by atoms with E-state index in [2.05, 4.69) is 11.1 Å². The fourth-order valence-corrected chi connectivity index (χ4v) is 2.86. The Labute approximate surface area is 103 Å². The molecule has 2 unspecified atom stereocenters. The van der Waals surface area contributed by atoms with Crippen LogP contribution in [0.25, 0.3) is 0 Å². The number of hydrogen-bond donors (Lipinski definition) is 1. The first-order chi connectivity index (χ1) is 8.35. The highest BCUT2D eigenvalue weighted by Gasteiger charge is 2.24. The minimum atomic E-state index is 0.560. The Morgan fingerprint density at radius 2 is 2.12 bits per heavy atom. The molecular weight excluding hydrogens is 212 g/mol. The summed E-state index contributed by atoms with van der Waals surface area (Å²) in [6.45, 7) is 0.780. The van der Waals surface area contributed by atoms with Crippen molar-refractivity contribution in [3.63, 3.8) is 0 Å². The first-order valence-corrected chi connectivity index (χ1v) is 6.54. The number of pyridine rings is 1. The second-order valence-corrected chi connectivity index (χ2v) is 4.90. The van der Waals surface area contributed by atoms with Gasteiger partial charge in [0.05, 0.1) is 13.3 Å². The van der Waals surface area contributed by atoms with Crippen molar-refractivity contribution in [3.8, 4) is 5.75 Å². The third-order valence-electron chi connectivity index (χ3n) is 3.86. The molecule has 2 atom stereocenters. The molecule has 17 heavy (non-hydrogen) atoms. The molecule has 94 valence electrons. The Morgan fingerprint density at radius 1 is 1.29 bits per heavy atom. The Morgan fingerprint density at radius 3 is 2.88 bits per heavy atom. The van der Waals surface area contributed by atoms with Crippen LogP contribution in [0.3, 0.4) is 0 Å². The number of nitrogens with two attached hydrogens (primary N) is 1. The largest absolute Gasteiger partial charge is 0.495 e. The Bertz CT molecular complexity index is 354. The summed E-state index contributed by atoms with van der Waals surface area (Å²) >= 11 is 0. The molecule has 0 aliphatic heterocycles. The van der Waals surface area contributed by atoms with E-state index in [0.717, 1.165) is 12.3 Å². The summed E-state index contributed by atoms with van der Waals surface area (Å²) in [5, 5.41) is 0. The van der Waals surface area contributed by atoms with Gasteiger partial charge in [0.1, 0.15) is 5.75 Å². The average molecular weight is 234 g/mol. The van der Waals surface area contributed by atoms with E-state index in [1.54, 1.807) is 13.3 Å². The number of ether oxygens (including phenoxy) is 1. The van der Waals surface area contributed by atoms with Gasteiger partial charge in [-0.1, -0.05) is 19.3 Å². The van der Waals surface area contributed by atoms with Crippen molar-refractivity contribution in [2.45, 2.75) is 38.0 Å². The Kier molecular flexibility index (Phi) is 4.37. The van der Waals surface area contributed by atoms with E-state index >= 15 is 0 Å². The molecule has 1 aliphatic rings. The van der Waals surface area contributed by atoms with Gasteiger partial charge in [0.15, 0.2) is 0 Å². The van der Waals surface area contributed by atoms with Gasteiger partial charge in [0, 0.05) is 6.20 Å². The van der Waals surface area contributed by atoms with Crippen molar-refractivity contribution < 1.29 is 4.74 Å². The zero-order valence-electron chi connectivity index (χ0n) is 10.6. The second kappa shape index (κ2) is 6.01. The lowest BCUT2D eigenvalue weighted by Crippen LogP contribution is -2.21. The molecule has 1 fully saturated rings. The maximum Gasteiger partial charge on any atom is 0.137 e. The van der Waals surface area contributed by atoms with Crippen LogP contribution in [-0.2, 0) is 0 Å². The smallest absolute Gasteiger partial charge is 0.137 e. The van der Waals surface area contributed by atoms with Crippen molar-refractivity contribution in [1.82, 2.24) is 4.98 Å². The molecule has 2 rings (SSSR count). The lowest BCUT2D eigenvalue weighted by molar-refractivity contribution is 0.396. The van der Waals surface area contributed by atoms with Crippen molar-refractivity contribution >= 4 is 0 Å². The van der Waals surface area contributed by atoms with E-state index in [4.69, 9.17) is 10.5 Å². The van der Waals surface area contributed by atoms with Gasteiger partial charge in [-0.2, -0.15) is 0 Å². The van der Waals surface area contributed by atoms with Crippen LogP contribution in [0.4, 0.5) is 0 Å². The molecule has 3 nitrogen and oxygen atoms in total. The molecule has 0 spiro atoms. The molecule has 1 aromatic heterocycles. The monoisotopic (exact) mass is 234 g/mol. The first-order valence-electron chi connectivity index (χ1n) is 6.54. The molecule has 1 aliphatic carbocycles. The molecule has 1 saturated carbocycles. The van der Waals surface area contributed by atoms with E-state index in [0.29, 0.717) is 11.8 Å². The van der Waals surface area contributed by atoms with Crippen LogP contribution in [0, 0.1) is 5.92 Å². The molecule has 0 aromatic carbocycles. The van der Waals surface area contributed by atoms with Crippen LogP contribution < -0.4 is 10.5 Å². The number of aromatic nitrogens is 1. The number of nitrogens with zero attached hydrogens (tertiary/aromatic N) is 1. The van der Waals surface area contributed by atoms with E-state index in [-0.39, 0.29) is 0 Å². The Hall–Kier alpha value is -1.09. The minimum absolute atomic E-state index is 0.560. The summed E-state index contributed by atoms with van der Waals surface area (Å²) in [5.41, 5.74) is 7.21. The zero-order valence-corrected chi connectivity index (χ0v) is 10.6. The molecule has 3 heteroatoms. The van der Waals surface area contributed by atoms with Gasteiger partial charge in [0.2, 0.25) is 0 Å². The van der Waals surface area contributed by atoms with Gasteiger partial charge in [0.25, 0.3) is 0 Å². The summed E-state index contributed by atoms with van der Waals surface area (Å²) in [6.07, 6.45) is 10.2. The third-order valence-corrected chi connectivity index (χ3v) is 3.86. The highest BCUT2D eigenvalue weighted by atomic mass is 16.5. The average Bonchev–Trinajstić information content (AvgIpc) is 2.63. The van der Waals surface area contributed by atoms with Gasteiger partial charge in [-0.15, -0.1) is 0 Å². The summed E-state index contributed by atoms with van der Waals surface area (Å²) in [4.78, 5) is 4.26. The minimum Gasteiger partial charge on any atom is -0.495 e. The molecule has 0 saturated heterocycles. The van der Waals surface area contributed by atoms with Crippen LogP contribution in [-0.4, -0.2) is 18.6 Å². The quantitative estimate of drug-likeness (QED) is 0.818. The molecule has 0 radical (unpaired) electrons. The first kappa shape index (κ1) is 12.4. The fourth-order valence-electron chi connectivity index (χ4n) is 2.86. The van der Waals surface area contributed by atoms with Gasteiger partial charge < -0.3 is 10.5 Å². The SMILES string of the molecule is COc1cncc(C2CCCCCC2CN)c1. The summed E-state index contributed by atoms with van der Waals surface area (Å²) in [6, 6.07) is 2.12. The zero-order chi connectivity index (χ0) is 12.1. The van der Waals surface area contributed by atoms with Crippen LogP contribution in [0.15, 0.2) is 18.5 Å². The van der Waals surface area contributed by atoms with Crippen molar-refractivity contribution in [2.24, 2.45) is 11.7 Å². The van der Waals surface area contributed by atoms with Crippen molar-refractivity contribution in [2.75, 3.05) is 13.7 Å². The van der Waals surface area contributed by atoms with Crippen LogP contribution in [0.2, 0.25) is 0 Å². The molecule has 2 N–H and O–H groups in total. The Balaban J connectivity index is 2.21. The van der Waals surface area contributed by atoms with E-state index in [1.807, 2.05) is 6.20 Å². The second-order valence-electron chi connectivity index (χ2n) is 4.90. The van der Waals surface area contributed by atoms with Crippen molar-refractivity contribution in [1.29, 1.82) is 0 Å². The molecular formula is C14H22N2O. The predicted molar refractivity (Wildman–Crippen MR) is 69.2 cm³/mol. The number of hydrogen-bond acceptors (Lipinski definition) is 3. The fraction of sp³-hybridized carbons (Fsp3) is 0.643. The molecule has 1 heterocycles. The maximum absolute atomic E-state index is 5.92.